The number of fused-ring (bicyclic) bond motifs is 7. The molecule has 2 aliphatic heterocycles. The van der Waals surface area contributed by atoms with Gasteiger partial charge < -0.3 is 9.80 Å². The minimum Gasteiger partial charge on any atom is -0.311 e. The summed E-state index contributed by atoms with van der Waals surface area (Å²) in [6, 6.07) is 55.3. The van der Waals surface area contributed by atoms with Crippen LogP contribution in [-0.2, 0) is 29.1 Å². The Labute approximate surface area is 396 Å². The third-order valence-electron chi connectivity index (χ3n) is 14.7. The largest absolute Gasteiger partial charge is 0.311 e. The monoisotopic (exact) mass is 884 g/mol. The van der Waals surface area contributed by atoms with Crippen LogP contribution in [0.15, 0.2) is 146 Å². The highest BCUT2D eigenvalue weighted by Gasteiger charge is 2.47. The second kappa shape index (κ2) is 14.7. The average molecular weight is 885 g/mol. The second-order valence-electron chi connectivity index (χ2n) is 22.3. The predicted octanol–water partition coefficient (Wildman–Crippen LogP) is 15.3. The van der Waals surface area contributed by atoms with E-state index in [1.807, 2.05) is 11.3 Å². The van der Waals surface area contributed by atoms with Gasteiger partial charge in [-0.2, -0.15) is 0 Å². The molecule has 0 amide bonds. The Kier molecular flexibility index (Phi) is 9.54. The van der Waals surface area contributed by atoms with Gasteiger partial charge in [0.05, 0.1) is 11.4 Å². The minimum absolute atomic E-state index is 0.00444. The summed E-state index contributed by atoms with van der Waals surface area (Å²) >= 11 is 9.55. The predicted molar refractivity (Wildman–Crippen MR) is 283 cm³/mol. The number of anilines is 6. The van der Waals surface area contributed by atoms with Crippen molar-refractivity contribution in [1.82, 2.24) is 0 Å². The molecule has 0 saturated carbocycles. The van der Waals surface area contributed by atoms with Gasteiger partial charge in [-0.3, -0.25) is 0 Å². The molecule has 0 fully saturated rings. The van der Waals surface area contributed by atoms with Crippen LogP contribution < -0.4 is 25.5 Å². The summed E-state index contributed by atoms with van der Waals surface area (Å²) in [5.41, 5.74) is 20.2. The molecule has 0 spiro atoms. The summed E-state index contributed by atoms with van der Waals surface area (Å²) in [6.45, 7) is 23.4. The molecule has 65 heavy (non-hydrogen) atoms. The summed E-state index contributed by atoms with van der Waals surface area (Å²) in [6.07, 6.45) is 2.20. The molecule has 7 aromatic carbocycles. The van der Waals surface area contributed by atoms with Gasteiger partial charge in [-0.25, -0.2) is 0 Å². The van der Waals surface area contributed by atoms with E-state index in [1.54, 1.807) is 0 Å². The first-order valence-corrected chi connectivity index (χ1v) is 24.6. The van der Waals surface area contributed by atoms with Crippen LogP contribution in [0.3, 0.4) is 0 Å². The molecule has 0 atom stereocenters. The van der Waals surface area contributed by atoms with Crippen LogP contribution in [0.4, 0.5) is 34.1 Å². The summed E-state index contributed by atoms with van der Waals surface area (Å²) in [4.78, 5) is 5.12. The van der Waals surface area contributed by atoms with E-state index in [0.717, 1.165) is 40.6 Å². The normalized spacial score (nSPS) is 15.2. The second-order valence-corrected chi connectivity index (χ2v) is 23.8. The standard InChI is InChI=1S/C60H58BClN2S/c1-57(2,3)40-21-25-45(26-22-40)63-51-33-44(62)34-52-54(51)61(56-55(63)47-29-38-35-59(7,8)36-39(38)30-53(47)65-56)48-27-23-43(60(9,10)41-19-15-12-16-20-41)32-50(48)64(52)49-28-24-42(58(4,5)6)31-46(49)37-17-13-11-14-18-37/h11-34H,35-36H2,1-10H3. The van der Waals surface area contributed by atoms with Crippen LogP contribution in [0, 0.1) is 5.41 Å². The number of hydrogen-bond donors (Lipinski definition) is 0. The summed E-state index contributed by atoms with van der Waals surface area (Å²) < 4.78 is 2.75. The Morgan fingerprint density at radius 1 is 0.554 bits per heavy atom. The van der Waals surface area contributed by atoms with E-state index in [0.29, 0.717) is 0 Å². The lowest BCUT2D eigenvalue weighted by atomic mass is 9.36. The molecule has 3 heterocycles. The van der Waals surface area contributed by atoms with Crippen molar-refractivity contribution in [1.29, 1.82) is 0 Å². The van der Waals surface area contributed by atoms with Gasteiger partial charge in [0, 0.05) is 53.6 Å². The van der Waals surface area contributed by atoms with E-state index in [2.05, 4.69) is 225 Å². The molecule has 1 aromatic heterocycles. The molecule has 1 aliphatic carbocycles. The Balaban J connectivity index is 1.24. The van der Waals surface area contributed by atoms with E-state index in [-0.39, 0.29) is 28.4 Å². The third-order valence-corrected chi connectivity index (χ3v) is 16.1. The number of thiophene rings is 1. The fourth-order valence-corrected chi connectivity index (χ4v) is 12.7. The van der Waals surface area contributed by atoms with E-state index >= 15 is 0 Å². The zero-order chi connectivity index (χ0) is 45.4. The summed E-state index contributed by atoms with van der Waals surface area (Å²) in [5.74, 6) is 0. The van der Waals surface area contributed by atoms with E-state index < -0.39 is 0 Å². The maximum Gasteiger partial charge on any atom is 0.264 e. The van der Waals surface area contributed by atoms with Crippen molar-refractivity contribution in [3.8, 4) is 11.1 Å². The van der Waals surface area contributed by atoms with Gasteiger partial charge in [0.2, 0.25) is 0 Å². The molecular weight excluding hydrogens is 827 g/mol. The number of halogens is 1. The summed E-state index contributed by atoms with van der Waals surface area (Å²) in [5, 5.41) is 2.06. The molecule has 5 heteroatoms. The van der Waals surface area contributed by atoms with Crippen LogP contribution in [0.1, 0.15) is 103 Å². The van der Waals surface area contributed by atoms with Crippen molar-refractivity contribution in [3.63, 3.8) is 0 Å². The molecule has 0 saturated heterocycles. The highest BCUT2D eigenvalue weighted by Crippen LogP contribution is 2.52. The molecule has 0 radical (unpaired) electrons. The highest BCUT2D eigenvalue weighted by molar-refractivity contribution is 7.33. The SMILES string of the molecule is CC1(C)Cc2cc3sc4c(c3cc2C1)N(c1ccc(C(C)(C)C)cc1)c1cc(Cl)cc2c1B4c1ccc(C(C)(C)c3ccccc3)cc1N2c1ccc(C(C)(C)C)cc1-c1ccccc1. The molecule has 0 unspecified atom stereocenters. The average Bonchev–Trinajstić information content (AvgIpc) is 3.79. The summed E-state index contributed by atoms with van der Waals surface area (Å²) in [7, 11) is 0. The first-order valence-electron chi connectivity index (χ1n) is 23.4. The van der Waals surface area contributed by atoms with Crippen LogP contribution in [-0.4, -0.2) is 6.71 Å². The molecule has 324 valence electrons. The quantitative estimate of drug-likeness (QED) is 0.159. The third kappa shape index (κ3) is 6.89. The lowest BCUT2D eigenvalue weighted by molar-refractivity contribution is 0.392. The highest BCUT2D eigenvalue weighted by atomic mass is 35.5. The van der Waals surface area contributed by atoms with Gasteiger partial charge in [0.25, 0.3) is 6.71 Å². The maximum atomic E-state index is 7.55. The van der Waals surface area contributed by atoms with E-state index in [9.17, 15) is 0 Å². The van der Waals surface area contributed by atoms with Crippen molar-refractivity contribution in [2.75, 3.05) is 9.80 Å². The van der Waals surface area contributed by atoms with Crippen molar-refractivity contribution in [2.45, 2.75) is 98.3 Å². The van der Waals surface area contributed by atoms with Crippen molar-refractivity contribution < 1.29 is 0 Å². The van der Waals surface area contributed by atoms with Gasteiger partial charge in [-0.1, -0.05) is 172 Å². The lowest BCUT2D eigenvalue weighted by Gasteiger charge is -2.44. The van der Waals surface area contributed by atoms with Crippen molar-refractivity contribution in [2.24, 2.45) is 5.41 Å². The van der Waals surface area contributed by atoms with E-state index in [4.69, 9.17) is 11.6 Å². The smallest absolute Gasteiger partial charge is 0.264 e. The fraction of sp³-hybridized carbons (Fsp3) is 0.267. The number of nitrogens with zero attached hydrogens (tertiary/aromatic N) is 2. The Morgan fingerprint density at radius 2 is 1.15 bits per heavy atom. The van der Waals surface area contributed by atoms with Crippen LogP contribution >= 0.6 is 22.9 Å². The Bertz CT molecular complexity index is 3190. The first kappa shape index (κ1) is 42.1. The van der Waals surface area contributed by atoms with Crippen LogP contribution in [0.25, 0.3) is 21.2 Å². The maximum absolute atomic E-state index is 7.55. The van der Waals surface area contributed by atoms with Crippen molar-refractivity contribution in [3.05, 3.63) is 184 Å². The van der Waals surface area contributed by atoms with Gasteiger partial charge in [0.1, 0.15) is 0 Å². The Morgan fingerprint density at radius 3 is 1.82 bits per heavy atom. The molecular formula is C60H58BClN2S. The molecule has 3 aliphatic rings. The topological polar surface area (TPSA) is 6.48 Å². The molecule has 0 N–H and O–H groups in total. The lowest BCUT2D eigenvalue weighted by Crippen LogP contribution is -2.60. The molecule has 0 bridgehead atoms. The zero-order valence-corrected chi connectivity index (χ0v) is 41.1. The molecule has 8 aromatic rings. The van der Waals surface area contributed by atoms with Crippen LogP contribution in [0.2, 0.25) is 5.02 Å². The van der Waals surface area contributed by atoms with Gasteiger partial charge in [-0.05, 0) is 134 Å². The van der Waals surface area contributed by atoms with Crippen LogP contribution in [0.5, 0.6) is 0 Å². The molecule has 2 nitrogen and oxygen atoms in total. The number of hydrogen-bond acceptors (Lipinski definition) is 3. The fourth-order valence-electron chi connectivity index (χ4n) is 11.1. The Hall–Kier alpha value is -5.55. The molecule has 11 rings (SSSR count). The minimum atomic E-state index is -0.250. The van der Waals surface area contributed by atoms with Gasteiger partial charge in [-0.15, -0.1) is 11.3 Å². The van der Waals surface area contributed by atoms with Crippen molar-refractivity contribution >= 4 is 89.6 Å². The van der Waals surface area contributed by atoms with Gasteiger partial charge in [0.15, 0.2) is 0 Å². The first-order chi connectivity index (χ1) is 30.9. The van der Waals surface area contributed by atoms with Gasteiger partial charge >= 0.3 is 0 Å². The number of benzene rings is 7. The number of rotatable bonds is 5. The zero-order valence-electron chi connectivity index (χ0n) is 39.5. The van der Waals surface area contributed by atoms with E-state index in [1.165, 1.54) is 81.7 Å².